The first-order valence-corrected chi connectivity index (χ1v) is 11.0. The Balaban J connectivity index is 0.00000245. The van der Waals surface area contributed by atoms with Crippen molar-refractivity contribution in [1.29, 1.82) is 0 Å². The molecule has 1 atom stereocenters. The number of benzene rings is 1. The van der Waals surface area contributed by atoms with Crippen LogP contribution < -0.4 is 4.90 Å². The zero-order valence-electron chi connectivity index (χ0n) is 18.1. The summed E-state index contributed by atoms with van der Waals surface area (Å²) in [6, 6.07) is 7.90. The van der Waals surface area contributed by atoms with Crippen molar-refractivity contribution < 1.29 is 9.53 Å². The highest BCUT2D eigenvalue weighted by Crippen LogP contribution is 2.36. The van der Waals surface area contributed by atoms with E-state index in [0.717, 1.165) is 41.4 Å². The molecule has 0 aliphatic carbocycles. The minimum absolute atomic E-state index is 0. The number of piperazine rings is 1. The van der Waals surface area contributed by atoms with Crippen LogP contribution >= 0.6 is 24.0 Å². The average Bonchev–Trinajstić information content (AvgIpc) is 3.41. The van der Waals surface area contributed by atoms with Gasteiger partial charge >= 0.3 is 0 Å². The number of anilines is 1. The molecule has 5 rings (SSSR count). The maximum Gasteiger partial charge on any atom is 0.219 e. The van der Waals surface area contributed by atoms with Crippen LogP contribution in [-0.4, -0.2) is 69.7 Å². The molecule has 0 saturated carbocycles. The Morgan fingerprint density at radius 1 is 1.12 bits per heavy atom. The van der Waals surface area contributed by atoms with Gasteiger partial charge in [-0.15, -0.1) is 12.4 Å². The van der Waals surface area contributed by atoms with Gasteiger partial charge in [-0.05, 0) is 25.5 Å². The Morgan fingerprint density at radius 3 is 2.53 bits per heavy atom. The summed E-state index contributed by atoms with van der Waals surface area (Å²) in [5, 5.41) is 0.652. The molecule has 2 aliphatic rings. The fourth-order valence-corrected chi connectivity index (χ4v) is 4.64. The summed E-state index contributed by atoms with van der Waals surface area (Å²) in [5.74, 6) is 2.41. The highest BCUT2D eigenvalue weighted by Gasteiger charge is 2.29. The van der Waals surface area contributed by atoms with Crippen molar-refractivity contribution in [3.63, 3.8) is 0 Å². The van der Waals surface area contributed by atoms with E-state index < -0.39 is 0 Å². The van der Waals surface area contributed by atoms with Crippen LogP contribution in [0.5, 0.6) is 0 Å². The largest absolute Gasteiger partial charge is 0.379 e. The number of halogens is 2. The predicted octanol–water partition coefficient (Wildman–Crippen LogP) is 3.51. The van der Waals surface area contributed by atoms with Gasteiger partial charge in [0.25, 0.3) is 0 Å². The maximum atomic E-state index is 11.7. The lowest BCUT2D eigenvalue weighted by molar-refractivity contribution is -0.129. The molecule has 2 aliphatic heterocycles. The van der Waals surface area contributed by atoms with Gasteiger partial charge in [0.2, 0.25) is 5.91 Å². The maximum absolute atomic E-state index is 11.7. The second-order valence-corrected chi connectivity index (χ2v) is 8.47. The number of aryl methyl sites for hydroxylation is 1. The number of ether oxygens (including phenoxy) is 1. The normalized spacial score (nSPS) is 18.8. The molecule has 0 unspecified atom stereocenters. The first kappa shape index (κ1) is 22.8. The predicted molar refractivity (Wildman–Crippen MR) is 127 cm³/mol. The molecule has 0 spiro atoms. The van der Waals surface area contributed by atoms with Crippen molar-refractivity contribution in [3.8, 4) is 11.4 Å². The van der Waals surface area contributed by atoms with Crippen molar-refractivity contribution in [2.24, 2.45) is 0 Å². The zero-order chi connectivity index (χ0) is 21.5. The van der Waals surface area contributed by atoms with Crippen LogP contribution in [0.1, 0.15) is 25.2 Å². The molecule has 3 aromatic rings. The topological polar surface area (TPSA) is 76.4 Å². The molecule has 4 heterocycles. The van der Waals surface area contributed by atoms with Gasteiger partial charge in [-0.25, -0.2) is 15.0 Å². The van der Waals surface area contributed by atoms with Crippen LogP contribution in [0.3, 0.4) is 0 Å². The Kier molecular flexibility index (Phi) is 6.55. The lowest BCUT2D eigenvalue weighted by Gasteiger charge is -2.35. The van der Waals surface area contributed by atoms with E-state index in [1.165, 1.54) is 0 Å². The molecule has 2 fully saturated rings. The lowest BCUT2D eigenvalue weighted by atomic mass is 10.2. The fraction of sp³-hybridized carbons (Fsp3) is 0.455. The van der Waals surface area contributed by atoms with Gasteiger partial charge in [-0.3, -0.25) is 4.79 Å². The first-order chi connectivity index (χ1) is 15.0. The Hall–Kier alpha value is -2.42. The number of nitrogens with zero attached hydrogens (tertiary/aromatic N) is 6. The van der Waals surface area contributed by atoms with Crippen LogP contribution in [0.15, 0.2) is 24.3 Å². The van der Waals surface area contributed by atoms with Gasteiger partial charge in [0, 0.05) is 45.3 Å². The van der Waals surface area contributed by atoms with Crippen LogP contribution in [-0.2, 0) is 9.53 Å². The molecule has 32 heavy (non-hydrogen) atoms. The van der Waals surface area contributed by atoms with E-state index in [1.54, 1.807) is 6.92 Å². The van der Waals surface area contributed by atoms with Crippen LogP contribution in [0.25, 0.3) is 22.6 Å². The van der Waals surface area contributed by atoms with Crippen molar-refractivity contribution in [2.45, 2.75) is 26.3 Å². The quantitative estimate of drug-likeness (QED) is 0.575. The minimum Gasteiger partial charge on any atom is -0.379 e. The van der Waals surface area contributed by atoms with Gasteiger partial charge in [0.05, 0.1) is 17.7 Å². The standard InChI is InChI=1S/C22H25ClN6O2.ClH/c1-14-24-21(28-10-8-27(9-11-28)15(2)30)19-22(25-14)29(16-7-12-31-13-16)20(26-19)17-5-3-4-6-18(17)23;/h3-6,16H,7-13H2,1-2H3;1H/t16-;/m1./s1. The summed E-state index contributed by atoms with van der Waals surface area (Å²) in [7, 11) is 0. The molecule has 8 nitrogen and oxygen atoms in total. The van der Waals surface area contributed by atoms with Gasteiger partial charge in [0.15, 0.2) is 17.0 Å². The third-order valence-corrected chi connectivity index (χ3v) is 6.37. The van der Waals surface area contributed by atoms with Gasteiger partial charge in [0.1, 0.15) is 11.6 Å². The summed E-state index contributed by atoms with van der Waals surface area (Å²) in [4.78, 5) is 30.4. The molecule has 1 aromatic carbocycles. The van der Waals surface area contributed by atoms with E-state index >= 15 is 0 Å². The van der Waals surface area contributed by atoms with E-state index in [-0.39, 0.29) is 24.4 Å². The number of hydrogen-bond donors (Lipinski definition) is 0. The Bertz CT molecular complexity index is 1140. The molecule has 2 saturated heterocycles. The van der Waals surface area contributed by atoms with Crippen LogP contribution in [0, 0.1) is 6.92 Å². The van der Waals surface area contributed by atoms with Gasteiger partial charge < -0.3 is 19.1 Å². The zero-order valence-corrected chi connectivity index (χ0v) is 19.7. The van der Waals surface area contributed by atoms with E-state index in [4.69, 9.17) is 31.3 Å². The van der Waals surface area contributed by atoms with Crippen LogP contribution in [0.4, 0.5) is 5.82 Å². The molecular weight excluding hydrogens is 451 g/mol. The molecule has 170 valence electrons. The molecular formula is C22H26Cl2N6O2. The Morgan fingerprint density at radius 2 is 1.88 bits per heavy atom. The molecule has 10 heteroatoms. The van der Waals surface area contributed by atoms with E-state index in [0.29, 0.717) is 43.6 Å². The van der Waals surface area contributed by atoms with Crippen molar-refractivity contribution in [1.82, 2.24) is 24.4 Å². The number of aromatic nitrogens is 4. The van der Waals surface area contributed by atoms with Crippen molar-refractivity contribution >= 4 is 46.9 Å². The van der Waals surface area contributed by atoms with Crippen molar-refractivity contribution in [2.75, 3.05) is 44.3 Å². The molecule has 2 aromatic heterocycles. The number of rotatable bonds is 3. The number of hydrogen-bond acceptors (Lipinski definition) is 6. The fourth-order valence-electron chi connectivity index (χ4n) is 4.42. The summed E-state index contributed by atoms with van der Waals surface area (Å²) in [6.07, 6.45) is 0.901. The molecule has 0 bridgehead atoms. The molecule has 0 N–H and O–H groups in total. The summed E-state index contributed by atoms with van der Waals surface area (Å²) in [5.41, 5.74) is 2.45. The highest BCUT2D eigenvalue weighted by atomic mass is 35.5. The van der Waals surface area contributed by atoms with Crippen molar-refractivity contribution in [3.05, 3.63) is 35.1 Å². The number of fused-ring (bicyclic) bond motifs is 1. The lowest BCUT2D eigenvalue weighted by Crippen LogP contribution is -2.48. The second-order valence-electron chi connectivity index (χ2n) is 8.06. The SMILES string of the molecule is CC(=O)N1CCN(c2nc(C)nc3c2nc(-c2ccccc2Cl)n3[C@@H]2CCOC2)CC1.Cl. The highest BCUT2D eigenvalue weighted by molar-refractivity contribution is 6.33. The van der Waals surface area contributed by atoms with E-state index in [1.807, 2.05) is 36.1 Å². The first-order valence-electron chi connectivity index (χ1n) is 10.6. The Labute approximate surface area is 198 Å². The van der Waals surface area contributed by atoms with Gasteiger partial charge in [-0.1, -0.05) is 23.7 Å². The van der Waals surface area contributed by atoms with Crippen LogP contribution in [0.2, 0.25) is 5.02 Å². The summed E-state index contributed by atoms with van der Waals surface area (Å²) >= 11 is 6.56. The third kappa shape index (κ3) is 4.02. The molecule has 1 amide bonds. The number of carbonyl (C=O) groups is 1. The minimum atomic E-state index is 0. The second kappa shape index (κ2) is 9.21. The smallest absolute Gasteiger partial charge is 0.219 e. The monoisotopic (exact) mass is 476 g/mol. The van der Waals surface area contributed by atoms with E-state index in [2.05, 4.69) is 9.47 Å². The number of imidazole rings is 1. The van der Waals surface area contributed by atoms with E-state index in [9.17, 15) is 4.79 Å². The summed E-state index contributed by atoms with van der Waals surface area (Å²) in [6.45, 7) is 7.64. The van der Waals surface area contributed by atoms with Gasteiger partial charge in [-0.2, -0.15) is 0 Å². The number of amides is 1. The average molecular weight is 477 g/mol. The number of carbonyl (C=O) groups excluding carboxylic acids is 1. The summed E-state index contributed by atoms with van der Waals surface area (Å²) < 4.78 is 7.86. The molecule has 0 radical (unpaired) electrons. The third-order valence-electron chi connectivity index (χ3n) is 6.04.